The summed E-state index contributed by atoms with van der Waals surface area (Å²) in [4.78, 5) is 0. The SMILES string of the molecule is BBBBBCBBBBBCCCCCN. The number of hydrogen-bond acceptors (Lipinski definition) is 1. The average molecular weight is 219 g/mol. The third kappa shape index (κ3) is 16.6. The first-order valence-electron chi connectivity index (χ1n) is 8.12. The van der Waals surface area contributed by atoms with Gasteiger partial charge in [-0.05, 0) is 13.0 Å². The molecule has 17 heavy (non-hydrogen) atoms. The molecule has 0 aliphatic rings. The fourth-order valence-corrected chi connectivity index (χ4v) is 2.34. The van der Waals surface area contributed by atoms with Crippen LogP contribution in [0.4, 0.5) is 0 Å². The topological polar surface area (TPSA) is 26.0 Å². The van der Waals surface area contributed by atoms with Gasteiger partial charge in [-0.25, -0.2) is 0 Å². The standard InChI is InChI=1S/C6H25B10N/c7-11-15-13-9-6-10-14-16-12-8-4-2-1-3-5-17/h8-16H,1-7,17H2. The minimum absolute atomic E-state index is 0.873. The lowest BCUT2D eigenvalue weighted by molar-refractivity contribution is 0.726. The first kappa shape index (κ1) is 17.6. The van der Waals surface area contributed by atoms with Crippen LogP contribution in [0.25, 0.3) is 0 Å². The van der Waals surface area contributed by atoms with Gasteiger partial charge in [0.15, 0.2) is 0 Å². The van der Waals surface area contributed by atoms with Gasteiger partial charge in [-0.2, -0.15) is 0 Å². The number of nitrogens with two attached hydrogens (primary N) is 1. The zero-order chi connectivity index (χ0) is 12.6. The number of unbranched alkanes of at least 4 members (excludes halogenated alkanes) is 2. The first-order chi connectivity index (χ1) is 8.41. The van der Waals surface area contributed by atoms with E-state index in [0.29, 0.717) is 0 Å². The predicted octanol–water partition coefficient (Wildman–Crippen LogP) is -5.21. The quantitative estimate of drug-likeness (QED) is 0.229. The summed E-state index contributed by atoms with van der Waals surface area (Å²) in [5, 5.41) is 0. The predicted molar refractivity (Wildman–Crippen MR) is 105 cm³/mol. The molecule has 0 amide bonds. The van der Waals surface area contributed by atoms with Gasteiger partial charge < -0.3 is 5.73 Å². The number of hydrogen-bond donors (Lipinski definition) is 1. The van der Waals surface area contributed by atoms with Gasteiger partial charge >= 0.3 is 0 Å². The van der Waals surface area contributed by atoms with Gasteiger partial charge in [0.05, 0.1) is 29.2 Å². The van der Waals surface area contributed by atoms with Crippen LogP contribution < -0.4 is 5.73 Å². The second-order valence-electron chi connectivity index (χ2n) is 5.38. The van der Waals surface area contributed by atoms with Gasteiger partial charge in [0.25, 0.3) is 0 Å². The van der Waals surface area contributed by atoms with E-state index >= 15 is 0 Å². The Bertz CT molecular complexity index is 124. The highest BCUT2D eigenvalue weighted by Gasteiger charge is 2.00. The van der Waals surface area contributed by atoms with Crippen molar-refractivity contribution in [3.8, 4) is 0 Å². The van der Waals surface area contributed by atoms with E-state index in [1.54, 1.807) is 0 Å². The van der Waals surface area contributed by atoms with Crippen molar-refractivity contribution in [3.63, 3.8) is 0 Å². The van der Waals surface area contributed by atoms with Crippen LogP contribution in [-0.4, -0.2) is 78.2 Å². The Labute approximate surface area is 116 Å². The average Bonchev–Trinajstić information content (AvgIpc) is 2.35. The van der Waals surface area contributed by atoms with E-state index in [9.17, 15) is 0 Å². The highest BCUT2D eigenvalue weighted by Crippen LogP contribution is 1.97. The van der Waals surface area contributed by atoms with E-state index in [1.165, 1.54) is 95.7 Å². The Morgan fingerprint density at radius 3 is 2.18 bits per heavy atom. The summed E-state index contributed by atoms with van der Waals surface area (Å²) in [6.45, 7) is 0.873. The van der Waals surface area contributed by atoms with Crippen molar-refractivity contribution in [1.82, 2.24) is 0 Å². The molecule has 0 spiro atoms. The van der Waals surface area contributed by atoms with Crippen molar-refractivity contribution in [1.29, 1.82) is 0 Å². The van der Waals surface area contributed by atoms with Crippen LogP contribution in [0, 0.1) is 0 Å². The molecule has 0 saturated heterocycles. The summed E-state index contributed by atoms with van der Waals surface area (Å²) in [7, 11) is 15.3. The Hall–Kier alpha value is 0.609. The molecule has 0 bridgehead atoms. The largest absolute Gasteiger partial charge is 0.330 e. The van der Waals surface area contributed by atoms with Crippen molar-refractivity contribution >= 4 is 71.6 Å². The molecule has 1 nitrogen and oxygen atoms in total. The zero-order valence-electron chi connectivity index (χ0n) is 12.2. The van der Waals surface area contributed by atoms with Crippen LogP contribution in [0.5, 0.6) is 0 Å². The molecule has 0 saturated carbocycles. The summed E-state index contributed by atoms with van der Waals surface area (Å²) in [5.74, 6) is 0. The summed E-state index contributed by atoms with van der Waals surface area (Å²) in [6, 6.07) is 0. The minimum Gasteiger partial charge on any atom is -0.330 e. The maximum Gasteiger partial charge on any atom is 0.0776 e. The summed E-state index contributed by atoms with van der Waals surface area (Å²) < 4.78 is 0. The van der Waals surface area contributed by atoms with Crippen LogP contribution in [0.3, 0.4) is 0 Å². The molecule has 0 unspecified atom stereocenters. The molecule has 0 aliphatic heterocycles. The second-order valence-corrected chi connectivity index (χ2v) is 5.38. The molecule has 0 radical (unpaired) electrons. The molecule has 84 valence electrons. The molecule has 11 heteroatoms. The first-order valence-corrected chi connectivity index (χ1v) is 8.12. The minimum atomic E-state index is 0.873. The molecule has 2 N–H and O–H groups in total. The van der Waals surface area contributed by atoms with E-state index in [4.69, 9.17) is 5.73 Å². The van der Waals surface area contributed by atoms with Gasteiger partial charge in [-0.3, -0.25) is 0 Å². The smallest absolute Gasteiger partial charge is 0.0776 e. The van der Waals surface area contributed by atoms with Crippen LogP contribution >= 0.6 is 0 Å². The molecule has 0 atom stereocenters. The van der Waals surface area contributed by atoms with Crippen molar-refractivity contribution in [2.45, 2.75) is 31.8 Å². The Balaban J connectivity index is 2.85. The molecule has 0 aromatic carbocycles. The summed E-state index contributed by atoms with van der Waals surface area (Å²) in [5.41, 5.74) is 5.47. The van der Waals surface area contributed by atoms with Gasteiger partial charge in [0, 0.05) is 42.4 Å². The van der Waals surface area contributed by atoms with Crippen molar-refractivity contribution in [2.75, 3.05) is 6.54 Å². The fourth-order valence-electron chi connectivity index (χ4n) is 2.34. The maximum atomic E-state index is 5.47. The van der Waals surface area contributed by atoms with E-state index in [-0.39, 0.29) is 0 Å². The van der Waals surface area contributed by atoms with Crippen molar-refractivity contribution in [2.24, 2.45) is 5.73 Å². The monoisotopic (exact) mass is 221 g/mol. The van der Waals surface area contributed by atoms with Crippen LogP contribution in [0.2, 0.25) is 12.5 Å². The lowest BCUT2D eigenvalue weighted by atomic mass is 8.97. The molecular weight excluding hydrogens is 194 g/mol. The van der Waals surface area contributed by atoms with Crippen LogP contribution in [-0.2, 0) is 0 Å². The summed E-state index contributed by atoms with van der Waals surface area (Å²) in [6.07, 6.45) is 6.85. The molecule has 0 fully saturated rings. The fraction of sp³-hybridized carbons (Fsp3) is 1.00. The molecule has 0 heterocycles. The highest BCUT2D eigenvalue weighted by molar-refractivity contribution is 7.55. The van der Waals surface area contributed by atoms with Gasteiger partial charge in [-0.1, -0.05) is 19.2 Å². The Kier molecular flexibility index (Phi) is 17.2. The molecular formula is C6H25B10N. The Morgan fingerprint density at radius 1 is 0.765 bits per heavy atom. The van der Waals surface area contributed by atoms with Gasteiger partial charge in [-0.15, -0.1) is 6.22 Å². The normalized spacial score (nSPS) is 8.76. The van der Waals surface area contributed by atoms with E-state index in [0.717, 1.165) is 6.54 Å². The molecule has 0 aromatic heterocycles. The third-order valence-corrected chi connectivity index (χ3v) is 3.56. The maximum absolute atomic E-state index is 5.47. The summed E-state index contributed by atoms with van der Waals surface area (Å²) >= 11 is 0. The van der Waals surface area contributed by atoms with E-state index < -0.39 is 0 Å². The van der Waals surface area contributed by atoms with Gasteiger partial charge in [0.2, 0.25) is 0 Å². The molecule has 0 rings (SSSR count). The molecule has 0 aliphatic carbocycles. The van der Waals surface area contributed by atoms with E-state index in [1.807, 2.05) is 0 Å². The highest BCUT2D eigenvalue weighted by atomic mass is 14.5. The van der Waals surface area contributed by atoms with Crippen molar-refractivity contribution < 1.29 is 0 Å². The van der Waals surface area contributed by atoms with Crippen LogP contribution in [0.1, 0.15) is 19.3 Å². The van der Waals surface area contributed by atoms with Crippen molar-refractivity contribution in [3.05, 3.63) is 0 Å². The van der Waals surface area contributed by atoms with Gasteiger partial charge in [0.1, 0.15) is 0 Å². The molecule has 0 aromatic rings. The second kappa shape index (κ2) is 16.6. The Morgan fingerprint density at radius 2 is 1.47 bits per heavy atom. The lowest BCUT2D eigenvalue weighted by Gasteiger charge is -1.97. The zero-order valence-corrected chi connectivity index (χ0v) is 12.2. The third-order valence-electron chi connectivity index (χ3n) is 3.56. The van der Waals surface area contributed by atoms with E-state index in [2.05, 4.69) is 7.74 Å². The number of rotatable bonds is 14. The lowest BCUT2D eigenvalue weighted by Crippen LogP contribution is -2.26. The van der Waals surface area contributed by atoms with Crippen LogP contribution in [0.15, 0.2) is 0 Å².